The van der Waals surface area contributed by atoms with Crippen LogP contribution in [0.2, 0.25) is 0 Å². The van der Waals surface area contributed by atoms with Gasteiger partial charge in [0, 0.05) is 0 Å². The van der Waals surface area contributed by atoms with E-state index >= 15 is 0 Å². The molecule has 20 heavy (non-hydrogen) atoms. The van der Waals surface area contributed by atoms with Crippen molar-refractivity contribution in [3.63, 3.8) is 0 Å². The van der Waals surface area contributed by atoms with Gasteiger partial charge in [0.25, 0.3) is 0 Å². The Hall–Kier alpha value is -2.46. The fourth-order valence-electron chi connectivity index (χ4n) is 1.51. The molecular formula is C13H7F2NO3S. The van der Waals surface area contributed by atoms with Gasteiger partial charge in [-0.3, -0.25) is 0 Å². The summed E-state index contributed by atoms with van der Waals surface area (Å²) in [7, 11) is -4.66. The largest absolute Gasteiger partial charge is 0.379 e. The van der Waals surface area contributed by atoms with Gasteiger partial charge in [-0.25, -0.2) is 8.78 Å². The van der Waals surface area contributed by atoms with Crippen LogP contribution in [0.25, 0.3) is 0 Å². The second kappa shape index (κ2) is 5.27. The van der Waals surface area contributed by atoms with E-state index in [1.807, 2.05) is 0 Å². The molecular weight excluding hydrogens is 288 g/mol. The van der Waals surface area contributed by atoms with Crippen molar-refractivity contribution in [3.05, 3.63) is 59.7 Å². The van der Waals surface area contributed by atoms with Crippen LogP contribution < -0.4 is 4.18 Å². The molecule has 2 rings (SSSR count). The van der Waals surface area contributed by atoms with E-state index in [1.165, 1.54) is 18.2 Å². The lowest BCUT2D eigenvalue weighted by Gasteiger charge is -2.08. The molecule has 0 unspecified atom stereocenters. The minimum atomic E-state index is -4.66. The highest BCUT2D eigenvalue weighted by atomic mass is 32.2. The van der Waals surface area contributed by atoms with Gasteiger partial charge in [-0.15, -0.1) is 0 Å². The summed E-state index contributed by atoms with van der Waals surface area (Å²) in [6.45, 7) is 0. The second-order valence-electron chi connectivity index (χ2n) is 3.73. The maximum atomic E-state index is 13.4. The minimum absolute atomic E-state index is 0.159. The predicted molar refractivity (Wildman–Crippen MR) is 65.3 cm³/mol. The fourth-order valence-corrected chi connectivity index (χ4v) is 2.56. The van der Waals surface area contributed by atoms with Crippen LogP contribution in [0.4, 0.5) is 8.78 Å². The van der Waals surface area contributed by atoms with Crippen molar-refractivity contribution in [1.29, 1.82) is 5.26 Å². The summed E-state index contributed by atoms with van der Waals surface area (Å²) in [6, 6.07) is 9.69. The molecule has 2 aromatic carbocycles. The Morgan fingerprint density at radius 3 is 2.25 bits per heavy atom. The zero-order chi connectivity index (χ0) is 14.8. The zero-order valence-electron chi connectivity index (χ0n) is 9.88. The maximum absolute atomic E-state index is 13.4. The van der Waals surface area contributed by atoms with Crippen LogP contribution in [0.15, 0.2) is 47.4 Å². The van der Waals surface area contributed by atoms with Crippen LogP contribution in [-0.2, 0) is 10.1 Å². The standard InChI is InChI=1S/C13H7F2NO3S/c14-11-5-2-6-12(15)13(11)20(17,18)19-10-4-1-3-9(7-10)8-16/h1-7H. The first-order chi connectivity index (χ1) is 9.44. The Balaban J connectivity index is 2.44. The number of nitrogens with zero attached hydrogens (tertiary/aromatic N) is 1. The summed E-state index contributed by atoms with van der Waals surface area (Å²) in [4.78, 5) is -1.16. The van der Waals surface area contributed by atoms with Crippen molar-refractivity contribution in [2.45, 2.75) is 4.90 Å². The SMILES string of the molecule is N#Cc1cccc(OS(=O)(=O)c2c(F)cccc2F)c1. The Labute approximate surface area is 114 Å². The third kappa shape index (κ3) is 2.75. The smallest absolute Gasteiger partial charge is 0.345 e. The summed E-state index contributed by atoms with van der Waals surface area (Å²) < 4.78 is 55.2. The van der Waals surface area contributed by atoms with Crippen LogP contribution in [0.1, 0.15) is 5.56 Å². The zero-order valence-corrected chi connectivity index (χ0v) is 10.7. The Kier molecular flexibility index (Phi) is 3.68. The lowest BCUT2D eigenvalue weighted by Crippen LogP contribution is -2.13. The molecule has 0 spiro atoms. The predicted octanol–water partition coefficient (Wildman–Crippen LogP) is 2.60. The van der Waals surface area contributed by atoms with Gasteiger partial charge in [0.2, 0.25) is 0 Å². The van der Waals surface area contributed by atoms with E-state index in [0.29, 0.717) is 0 Å². The lowest BCUT2D eigenvalue weighted by atomic mass is 10.2. The van der Waals surface area contributed by atoms with Gasteiger partial charge in [-0.2, -0.15) is 13.7 Å². The molecule has 102 valence electrons. The molecule has 0 aromatic heterocycles. The van der Waals surface area contributed by atoms with Gasteiger partial charge >= 0.3 is 10.1 Å². The molecule has 0 heterocycles. The number of hydrogen-bond acceptors (Lipinski definition) is 4. The molecule has 0 aliphatic carbocycles. The Morgan fingerprint density at radius 1 is 1.05 bits per heavy atom. The van der Waals surface area contributed by atoms with Crippen molar-refractivity contribution in [3.8, 4) is 11.8 Å². The number of rotatable bonds is 3. The monoisotopic (exact) mass is 295 g/mol. The van der Waals surface area contributed by atoms with Crippen molar-refractivity contribution >= 4 is 10.1 Å². The van der Waals surface area contributed by atoms with Crippen molar-refractivity contribution in [1.82, 2.24) is 0 Å². The third-order valence-electron chi connectivity index (χ3n) is 2.34. The maximum Gasteiger partial charge on any atom is 0.345 e. The quantitative estimate of drug-likeness (QED) is 0.816. The second-order valence-corrected chi connectivity index (χ2v) is 5.21. The van der Waals surface area contributed by atoms with E-state index in [0.717, 1.165) is 24.3 Å². The molecule has 0 saturated carbocycles. The molecule has 0 aliphatic heterocycles. The number of nitriles is 1. The highest BCUT2D eigenvalue weighted by Crippen LogP contribution is 2.23. The summed E-state index contributed by atoms with van der Waals surface area (Å²) in [6.07, 6.45) is 0. The highest BCUT2D eigenvalue weighted by Gasteiger charge is 2.26. The van der Waals surface area contributed by atoms with Crippen LogP contribution in [0.3, 0.4) is 0 Å². The molecule has 2 aromatic rings. The van der Waals surface area contributed by atoms with Gasteiger partial charge in [-0.05, 0) is 30.3 Å². The van der Waals surface area contributed by atoms with Gasteiger partial charge < -0.3 is 4.18 Å². The summed E-state index contributed by atoms with van der Waals surface area (Å²) in [5, 5.41) is 8.69. The Bertz CT molecular complexity index is 777. The van der Waals surface area contributed by atoms with Gasteiger partial charge in [0.05, 0.1) is 11.6 Å². The molecule has 0 saturated heterocycles. The minimum Gasteiger partial charge on any atom is -0.379 e. The molecule has 0 bridgehead atoms. The molecule has 0 amide bonds. The third-order valence-corrected chi connectivity index (χ3v) is 3.64. The summed E-state index contributed by atoms with van der Waals surface area (Å²) in [5.74, 6) is -2.70. The van der Waals surface area contributed by atoms with E-state index in [4.69, 9.17) is 5.26 Å². The van der Waals surface area contributed by atoms with Gasteiger partial charge in [-0.1, -0.05) is 12.1 Å². The average molecular weight is 295 g/mol. The van der Waals surface area contributed by atoms with Crippen LogP contribution in [0.5, 0.6) is 5.75 Å². The van der Waals surface area contributed by atoms with Crippen LogP contribution >= 0.6 is 0 Å². The fraction of sp³-hybridized carbons (Fsp3) is 0. The molecule has 0 atom stereocenters. The van der Waals surface area contributed by atoms with Gasteiger partial charge in [0.1, 0.15) is 17.4 Å². The first kappa shape index (κ1) is 14.0. The van der Waals surface area contributed by atoms with Gasteiger partial charge in [0.15, 0.2) is 4.90 Å². The van der Waals surface area contributed by atoms with Crippen molar-refractivity contribution in [2.75, 3.05) is 0 Å². The first-order valence-electron chi connectivity index (χ1n) is 5.33. The Morgan fingerprint density at radius 2 is 1.65 bits per heavy atom. The van der Waals surface area contributed by atoms with E-state index in [1.54, 1.807) is 6.07 Å². The van der Waals surface area contributed by atoms with Crippen LogP contribution in [0, 0.1) is 23.0 Å². The van der Waals surface area contributed by atoms with E-state index in [2.05, 4.69) is 4.18 Å². The lowest BCUT2D eigenvalue weighted by molar-refractivity contribution is 0.460. The first-order valence-corrected chi connectivity index (χ1v) is 6.73. The van der Waals surface area contributed by atoms with Crippen LogP contribution in [-0.4, -0.2) is 8.42 Å². The molecule has 0 radical (unpaired) electrons. The normalized spacial score (nSPS) is 10.8. The van der Waals surface area contributed by atoms with E-state index < -0.39 is 26.6 Å². The van der Waals surface area contributed by atoms with Crippen molar-refractivity contribution < 1.29 is 21.4 Å². The summed E-state index contributed by atoms with van der Waals surface area (Å²) >= 11 is 0. The van der Waals surface area contributed by atoms with E-state index in [-0.39, 0.29) is 11.3 Å². The number of halogens is 2. The molecule has 0 aliphatic rings. The van der Waals surface area contributed by atoms with Crippen molar-refractivity contribution in [2.24, 2.45) is 0 Å². The topological polar surface area (TPSA) is 67.2 Å². The molecule has 7 heteroatoms. The molecule has 0 N–H and O–H groups in total. The molecule has 0 fully saturated rings. The number of hydrogen-bond donors (Lipinski definition) is 0. The highest BCUT2D eigenvalue weighted by molar-refractivity contribution is 7.87. The molecule has 4 nitrogen and oxygen atoms in total. The summed E-state index contributed by atoms with van der Waals surface area (Å²) in [5.41, 5.74) is 0.159. The number of benzene rings is 2. The van der Waals surface area contributed by atoms with E-state index in [9.17, 15) is 17.2 Å². The average Bonchev–Trinajstić information content (AvgIpc) is 2.37.